The lowest BCUT2D eigenvalue weighted by atomic mass is 10.6. The first kappa shape index (κ1) is 7.78. The largest absolute Gasteiger partial charge is 0.480 e. The van der Waals surface area contributed by atoms with Crippen LogP contribution in [0, 0.1) is 0 Å². The van der Waals surface area contributed by atoms with E-state index in [9.17, 15) is 4.79 Å². The molecule has 0 spiro atoms. The van der Waals surface area contributed by atoms with Gasteiger partial charge in [-0.3, -0.25) is 4.79 Å². The van der Waals surface area contributed by atoms with Crippen molar-refractivity contribution in [2.45, 2.75) is 6.92 Å². The molecule has 4 heteroatoms. The van der Waals surface area contributed by atoms with Gasteiger partial charge in [-0.05, 0) is 0 Å². The summed E-state index contributed by atoms with van der Waals surface area (Å²) >= 11 is 3.82. The first-order valence-corrected chi connectivity index (χ1v) is 2.72. The Bertz CT molecular complexity index is 86.1. The molecule has 0 aliphatic rings. The quantitative estimate of drug-likeness (QED) is 0.544. The van der Waals surface area contributed by atoms with Gasteiger partial charge < -0.3 is 5.11 Å². The van der Waals surface area contributed by atoms with E-state index in [1.165, 1.54) is 4.31 Å². The van der Waals surface area contributed by atoms with Crippen LogP contribution < -0.4 is 0 Å². The van der Waals surface area contributed by atoms with Crippen molar-refractivity contribution in [2.75, 3.05) is 13.1 Å². The third kappa shape index (κ3) is 3.95. The van der Waals surface area contributed by atoms with Crippen molar-refractivity contribution in [2.24, 2.45) is 0 Å². The molecule has 0 aromatic rings. The molecule has 0 atom stereocenters. The second-order valence-corrected chi connectivity index (χ2v) is 1.94. The number of carboxylic acid groups (broad SMARTS) is 1. The molecule has 0 aromatic carbocycles. The molecular weight excluding hydrogens is 126 g/mol. The first-order chi connectivity index (χ1) is 3.66. The molecule has 0 rings (SSSR count). The van der Waals surface area contributed by atoms with E-state index < -0.39 is 5.97 Å². The molecule has 0 radical (unpaired) electrons. The Balaban J connectivity index is 3.24. The zero-order valence-corrected chi connectivity index (χ0v) is 5.56. The smallest absolute Gasteiger partial charge is 0.318 e. The predicted molar refractivity (Wildman–Crippen MR) is 33.9 cm³/mol. The molecule has 0 aliphatic heterocycles. The molecule has 8 heavy (non-hydrogen) atoms. The maximum absolute atomic E-state index is 9.88. The number of nitrogens with zero attached hydrogens (tertiary/aromatic N) is 1. The van der Waals surface area contributed by atoms with Crippen LogP contribution in [0.4, 0.5) is 0 Å². The highest BCUT2D eigenvalue weighted by atomic mass is 32.1. The van der Waals surface area contributed by atoms with E-state index in [2.05, 4.69) is 12.8 Å². The highest BCUT2D eigenvalue weighted by Gasteiger charge is 1.99. The summed E-state index contributed by atoms with van der Waals surface area (Å²) in [4.78, 5) is 9.88. The summed E-state index contributed by atoms with van der Waals surface area (Å²) in [5.74, 6) is -0.846. The van der Waals surface area contributed by atoms with Crippen LogP contribution in [-0.2, 0) is 4.79 Å². The Labute approximate surface area is 53.8 Å². The minimum absolute atomic E-state index is 0.000386. The van der Waals surface area contributed by atoms with Crippen LogP contribution in [0.5, 0.6) is 0 Å². The van der Waals surface area contributed by atoms with Crippen LogP contribution in [0.15, 0.2) is 0 Å². The summed E-state index contributed by atoms with van der Waals surface area (Å²) in [6.45, 7) is 2.49. The van der Waals surface area contributed by atoms with Gasteiger partial charge in [0.15, 0.2) is 0 Å². The lowest BCUT2D eigenvalue weighted by Crippen LogP contribution is -2.20. The van der Waals surface area contributed by atoms with Crippen molar-refractivity contribution in [3.63, 3.8) is 0 Å². The third-order valence-electron chi connectivity index (χ3n) is 0.683. The fourth-order valence-corrected chi connectivity index (χ4v) is 0.389. The molecule has 0 heterocycles. The Morgan fingerprint density at radius 2 is 2.38 bits per heavy atom. The molecule has 1 N–H and O–H groups in total. The van der Waals surface area contributed by atoms with Crippen LogP contribution in [-0.4, -0.2) is 28.5 Å². The molecule has 0 unspecified atom stereocenters. The molecule has 0 saturated heterocycles. The molecule has 3 nitrogen and oxygen atoms in total. The number of hydrogen-bond donors (Lipinski definition) is 2. The monoisotopic (exact) mass is 135 g/mol. The third-order valence-corrected chi connectivity index (χ3v) is 1.11. The van der Waals surface area contributed by atoms with Gasteiger partial charge in [0, 0.05) is 6.54 Å². The standard InChI is InChI=1S/C4H9NO2S/c1-2-5(8)3-4(6)7/h8H,2-3H2,1H3,(H,6,7). The number of carbonyl (C=O) groups is 1. The molecule has 48 valence electrons. The number of thiol groups is 1. The number of hydrogen-bond acceptors (Lipinski definition) is 3. The predicted octanol–water partition coefficient (Wildman–Crippen LogP) is 0.238. The van der Waals surface area contributed by atoms with Gasteiger partial charge in [-0.1, -0.05) is 19.7 Å². The molecule has 0 fully saturated rings. The summed E-state index contributed by atoms with van der Waals surface area (Å²) in [5, 5.41) is 8.12. The van der Waals surface area contributed by atoms with E-state index in [-0.39, 0.29) is 6.54 Å². The second-order valence-electron chi connectivity index (χ2n) is 1.37. The number of aliphatic carboxylic acids is 1. The fourth-order valence-electron chi connectivity index (χ4n) is 0.268. The maximum Gasteiger partial charge on any atom is 0.318 e. The average Bonchev–Trinajstić information content (AvgIpc) is 1.65. The van der Waals surface area contributed by atoms with Crippen LogP contribution in [0.3, 0.4) is 0 Å². The topological polar surface area (TPSA) is 40.5 Å². The minimum Gasteiger partial charge on any atom is -0.480 e. The molecule has 0 aromatic heterocycles. The van der Waals surface area contributed by atoms with E-state index in [0.29, 0.717) is 6.54 Å². The highest BCUT2D eigenvalue weighted by Crippen LogP contribution is 1.88. The lowest BCUT2D eigenvalue weighted by molar-refractivity contribution is -0.137. The van der Waals surface area contributed by atoms with Crippen molar-refractivity contribution in [1.82, 2.24) is 4.31 Å². The summed E-state index contributed by atoms with van der Waals surface area (Å²) < 4.78 is 1.42. The van der Waals surface area contributed by atoms with Crippen LogP contribution in [0.25, 0.3) is 0 Å². The van der Waals surface area contributed by atoms with Crippen molar-refractivity contribution in [3.8, 4) is 0 Å². The van der Waals surface area contributed by atoms with Gasteiger partial charge in [-0.25, -0.2) is 4.31 Å². The van der Waals surface area contributed by atoms with E-state index >= 15 is 0 Å². The summed E-state index contributed by atoms with van der Waals surface area (Å²) in [6, 6.07) is 0. The van der Waals surface area contributed by atoms with E-state index in [1.54, 1.807) is 0 Å². The number of carboxylic acids is 1. The van der Waals surface area contributed by atoms with Crippen molar-refractivity contribution < 1.29 is 9.90 Å². The van der Waals surface area contributed by atoms with Crippen LogP contribution in [0.2, 0.25) is 0 Å². The Morgan fingerprint density at radius 3 is 2.50 bits per heavy atom. The molecular formula is C4H9NO2S. The maximum atomic E-state index is 9.88. The van der Waals surface area contributed by atoms with Crippen molar-refractivity contribution in [1.29, 1.82) is 0 Å². The summed E-state index contributed by atoms with van der Waals surface area (Å²) in [7, 11) is 0. The fraction of sp³-hybridized carbons (Fsp3) is 0.750. The second kappa shape index (κ2) is 3.74. The van der Waals surface area contributed by atoms with E-state index in [0.717, 1.165) is 0 Å². The van der Waals surface area contributed by atoms with E-state index in [4.69, 9.17) is 5.11 Å². The van der Waals surface area contributed by atoms with Gasteiger partial charge in [0.2, 0.25) is 0 Å². The zero-order valence-electron chi connectivity index (χ0n) is 4.66. The average molecular weight is 135 g/mol. The van der Waals surface area contributed by atoms with Crippen LogP contribution >= 0.6 is 12.8 Å². The molecule has 0 amide bonds. The van der Waals surface area contributed by atoms with Crippen molar-refractivity contribution in [3.05, 3.63) is 0 Å². The normalized spacial score (nSPS) is 9.88. The Hall–Kier alpha value is -0.220. The number of rotatable bonds is 3. The van der Waals surface area contributed by atoms with Crippen LogP contribution in [0.1, 0.15) is 6.92 Å². The molecule has 0 aliphatic carbocycles. The summed E-state index contributed by atoms with van der Waals surface area (Å²) in [5.41, 5.74) is 0. The van der Waals surface area contributed by atoms with Crippen molar-refractivity contribution >= 4 is 18.8 Å². The minimum atomic E-state index is -0.846. The van der Waals surface area contributed by atoms with Gasteiger partial charge in [-0.15, -0.1) is 0 Å². The first-order valence-electron chi connectivity index (χ1n) is 2.32. The van der Waals surface area contributed by atoms with E-state index in [1.807, 2.05) is 6.92 Å². The summed E-state index contributed by atoms with van der Waals surface area (Å²) in [6.07, 6.45) is 0. The number of likely N-dealkylation sites (N-methyl/N-ethyl adjacent to an activating group) is 1. The SMILES string of the molecule is CCN(S)CC(=O)O. The van der Waals surface area contributed by atoms with Gasteiger partial charge >= 0.3 is 5.97 Å². The van der Waals surface area contributed by atoms with Gasteiger partial charge in [0.25, 0.3) is 0 Å². The molecule has 0 bridgehead atoms. The zero-order chi connectivity index (χ0) is 6.57. The van der Waals surface area contributed by atoms with Gasteiger partial charge in [-0.2, -0.15) is 0 Å². The van der Waals surface area contributed by atoms with Gasteiger partial charge in [0.1, 0.15) is 6.54 Å². The van der Waals surface area contributed by atoms with Gasteiger partial charge in [0.05, 0.1) is 0 Å². The lowest BCUT2D eigenvalue weighted by Gasteiger charge is -2.06. The molecule has 0 saturated carbocycles. The Morgan fingerprint density at radius 1 is 1.88 bits per heavy atom. The Kier molecular flexibility index (Phi) is 3.64. The highest BCUT2D eigenvalue weighted by molar-refractivity contribution is 7.77.